The molecule has 0 amide bonds. The van der Waals surface area contributed by atoms with Gasteiger partial charge in [-0.1, -0.05) is 0 Å². The van der Waals surface area contributed by atoms with E-state index in [0.717, 1.165) is 23.9 Å². The number of rotatable bonds is 1. The SMILES string of the molecule is NCc1nc2c(s1)CCO2. The second-order valence-electron chi connectivity index (χ2n) is 2.14. The normalized spacial score (nSPS) is 14.9. The first-order valence-electron chi connectivity index (χ1n) is 3.21. The molecule has 0 unspecified atom stereocenters. The van der Waals surface area contributed by atoms with Gasteiger partial charge in [0.1, 0.15) is 5.01 Å². The molecule has 0 aliphatic carbocycles. The Morgan fingerprint density at radius 1 is 1.70 bits per heavy atom. The maximum Gasteiger partial charge on any atom is 0.228 e. The quantitative estimate of drug-likeness (QED) is 0.645. The van der Waals surface area contributed by atoms with Crippen LogP contribution in [0.25, 0.3) is 0 Å². The second-order valence-corrected chi connectivity index (χ2v) is 3.31. The molecule has 0 atom stereocenters. The number of ether oxygens (including phenoxy) is 1. The van der Waals surface area contributed by atoms with Crippen LogP contribution in [-0.2, 0) is 13.0 Å². The predicted octanol–water partition coefficient (Wildman–Crippen LogP) is 0.537. The van der Waals surface area contributed by atoms with Gasteiger partial charge in [0.2, 0.25) is 5.88 Å². The van der Waals surface area contributed by atoms with Crippen molar-refractivity contribution < 1.29 is 4.74 Å². The highest BCUT2D eigenvalue weighted by molar-refractivity contribution is 7.11. The van der Waals surface area contributed by atoms with Crippen molar-refractivity contribution in [3.05, 3.63) is 9.88 Å². The number of aromatic nitrogens is 1. The molecule has 0 aromatic carbocycles. The fourth-order valence-electron chi connectivity index (χ4n) is 0.983. The summed E-state index contributed by atoms with van der Waals surface area (Å²) in [5, 5.41) is 0.977. The zero-order valence-electron chi connectivity index (χ0n) is 5.46. The lowest BCUT2D eigenvalue weighted by atomic mass is 10.4. The molecule has 1 aliphatic heterocycles. The number of hydrogen-bond donors (Lipinski definition) is 1. The Labute approximate surface area is 62.8 Å². The Hall–Kier alpha value is -0.610. The largest absolute Gasteiger partial charge is 0.476 e. The van der Waals surface area contributed by atoms with E-state index >= 15 is 0 Å². The van der Waals surface area contributed by atoms with Crippen LogP contribution in [-0.4, -0.2) is 11.6 Å². The van der Waals surface area contributed by atoms with Gasteiger partial charge >= 0.3 is 0 Å². The standard InChI is InChI=1S/C6H8N2OS/c7-3-5-8-6-4(10-5)1-2-9-6/h1-3,7H2. The van der Waals surface area contributed by atoms with E-state index in [9.17, 15) is 0 Å². The number of fused-ring (bicyclic) bond motifs is 1. The van der Waals surface area contributed by atoms with Crippen LogP contribution >= 0.6 is 11.3 Å². The molecule has 4 heteroatoms. The fourth-order valence-corrected chi connectivity index (χ4v) is 1.86. The molecular formula is C6H8N2OS. The van der Waals surface area contributed by atoms with Crippen molar-refractivity contribution in [3.63, 3.8) is 0 Å². The van der Waals surface area contributed by atoms with Gasteiger partial charge in [-0.3, -0.25) is 0 Å². The summed E-state index contributed by atoms with van der Waals surface area (Å²) in [6.07, 6.45) is 1.01. The van der Waals surface area contributed by atoms with Crippen LogP contribution in [0.4, 0.5) is 0 Å². The summed E-state index contributed by atoms with van der Waals surface area (Å²) < 4.78 is 5.22. The molecule has 54 valence electrons. The Kier molecular flexibility index (Phi) is 1.35. The summed E-state index contributed by atoms with van der Waals surface area (Å²) in [4.78, 5) is 5.43. The van der Waals surface area contributed by atoms with Gasteiger partial charge in [0.25, 0.3) is 0 Å². The summed E-state index contributed by atoms with van der Waals surface area (Å²) >= 11 is 1.66. The molecule has 0 saturated heterocycles. The van der Waals surface area contributed by atoms with Gasteiger partial charge in [0.15, 0.2) is 0 Å². The molecule has 1 aromatic rings. The molecule has 10 heavy (non-hydrogen) atoms. The lowest BCUT2D eigenvalue weighted by molar-refractivity contribution is 0.344. The molecule has 2 heterocycles. The van der Waals surface area contributed by atoms with Crippen LogP contribution in [0.15, 0.2) is 0 Å². The fraction of sp³-hybridized carbons (Fsp3) is 0.500. The molecule has 0 saturated carbocycles. The van der Waals surface area contributed by atoms with Crippen LogP contribution in [0.2, 0.25) is 0 Å². The number of hydrogen-bond acceptors (Lipinski definition) is 4. The van der Waals surface area contributed by atoms with E-state index < -0.39 is 0 Å². The van der Waals surface area contributed by atoms with Crippen molar-refractivity contribution in [1.82, 2.24) is 4.98 Å². The van der Waals surface area contributed by atoms with Gasteiger partial charge in [-0.25, -0.2) is 4.98 Å². The average molecular weight is 156 g/mol. The molecular weight excluding hydrogens is 148 g/mol. The summed E-state index contributed by atoms with van der Waals surface area (Å²) in [5.74, 6) is 0.811. The van der Waals surface area contributed by atoms with Gasteiger partial charge < -0.3 is 10.5 Å². The third kappa shape index (κ3) is 0.803. The summed E-state index contributed by atoms with van der Waals surface area (Å²) in [6, 6.07) is 0. The lowest BCUT2D eigenvalue weighted by Crippen LogP contribution is -1.96. The Morgan fingerprint density at radius 3 is 3.30 bits per heavy atom. The van der Waals surface area contributed by atoms with Crippen molar-refractivity contribution in [2.24, 2.45) is 5.73 Å². The van der Waals surface area contributed by atoms with Gasteiger partial charge in [-0.05, 0) is 0 Å². The summed E-state index contributed by atoms with van der Waals surface area (Å²) in [6.45, 7) is 1.32. The first kappa shape index (κ1) is 6.12. The van der Waals surface area contributed by atoms with Crippen molar-refractivity contribution in [2.45, 2.75) is 13.0 Å². The third-order valence-electron chi connectivity index (χ3n) is 1.45. The van der Waals surface area contributed by atoms with Crippen molar-refractivity contribution >= 4 is 11.3 Å². The van der Waals surface area contributed by atoms with Crippen molar-refractivity contribution in [1.29, 1.82) is 0 Å². The molecule has 2 N–H and O–H groups in total. The average Bonchev–Trinajstić information content (AvgIpc) is 2.42. The maximum atomic E-state index is 5.40. The van der Waals surface area contributed by atoms with Crippen LogP contribution < -0.4 is 10.5 Å². The molecule has 0 fully saturated rings. The first-order chi connectivity index (χ1) is 4.90. The molecule has 0 radical (unpaired) electrons. The second kappa shape index (κ2) is 2.21. The van der Waals surface area contributed by atoms with Crippen LogP contribution in [0, 0.1) is 0 Å². The van der Waals surface area contributed by atoms with E-state index in [1.807, 2.05) is 0 Å². The molecule has 1 aliphatic rings. The van der Waals surface area contributed by atoms with E-state index in [1.54, 1.807) is 11.3 Å². The topological polar surface area (TPSA) is 48.1 Å². The van der Waals surface area contributed by atoms with E-state index in [4.69, 9.17) is 10.5 Å². The first-order valence-corrected chi connectivity index (χ1v) is 4.03. The number of thiazole rings is 1. The van der Waals surface area contributed by atoms with Gasteiger partial charge in [-0.2, -0.15) is 0 Å². The van der Waals surface area contributed by atoms with Gasteiger partial charge in [0.05, 0.1) is 11.5 Å². The Balaban J connectivity index is 2.37. The molecule has 0 bridgehead atoms. The zero-order valence-corrected chi connectivity index (χ0v) is 6.28. The minimum Gasteiger partial charge on any atom is -0.476 e. The Bertz CT molecular complexity index is 224. The minimum absolute atomic E-state index is 0.529. The summed E-state index contributed by atoms with van der Waals surface area (Å²) in [5.41, 5.74) is 5.40. The minimum atomic E-state index is 0.529. The van der Waals surface area contributed by atoms with Gasteiger partial charge in [-0.15, -0.1) is 11.3 Å². The van der Waals surface area contributed by atoms with E-state index in [2.05, 4.69) is 4.98 Å². The van der Waals surface area contributed by atoms with Gasteiger partial charge in [0, 0.05) is 13.0 Å². The molecule has 1 aromatic heterocycles. The highest BCUT2D eigenvalue weighted by atomic mass is 32.1. The summed E-state index contributed by atoms with van der Waals surface area (Å²) in [7, 11) is 0. The van der Waals surface area contributed by atoms with Crippen molar-refractivity contribution in [3.8, 4) is 5.88 Å². The van der Waals surface area contributed by atoms with Crippen LogP contribution in [0.5, 0.6) is 5.88 Å². The Morgan fingerprint density at radius 2 is 2.60 bits per heavy atom. The van der Waals surface area contributed by atoms with Crippen molar-refractivity contribution in [2.75, 3.05) is 6.61 Å². The third-order valence-corrected chi connectivity index (χ3v) is 2.57. The lowest BCUT2D eigenvalue weighted by Gasteiger charge is -1.89. The number of nitrogens with zero attached hydrogens (tertiary/aromatic N) is 1. The molecule has 0 spiro atoms. The van der Waals surface area contributed by atoms with Crippen LogP contribution in [0.3, 0.4) is 0 Å². The zero-order chi connectivity index (χ0) is 6.97. The maximum absolute atomic E-state index is 5.40. The monoisotopic (exact) mass is 156 g/mol. The predicted molar refractivity (Wildman–Crippen MR) is 39.2 cm³/mol. The highest BCUT2D eigenvalue weighted by Gasteiger charge is 2.16. The van der Waals surface area contributed by atoms with E-state index in [0.29, 0.717) is 6.54 Å². The smallest absolute Gasteiger partial charge is 0.228 e. The highest BCUT2D eigenvalue weighted by Crippen LogP contribution is 2.29. The number of nitrogens with two attached hydrogens (primary N) is 1. The molecule has 2 rings (SSSR count). The molecule has 3 nitrogen and oxygen atoms in total. The van der Waals surface area contributed by atoms with E-state index in [-0.39, 0.29) is 0 Å². The van der Waals surface area contributed by atoms with Crippen LogP contribution in [0.1, 0.15) is 9.88 Å². The van der Waals surface area contributed by atoms with E-state index in [1.165, 1.54) is 4.88 Å².